The molecule has 1 N–H and O–H groups in total. The van der Waals surface area contributed by atoms with Crippen molar-refractivity contribution in [3.05, 3.63) is 0 Å². The predicted molar refractivity (Wildman–Crippen MR) is 77.0 cm³/mol. The van der Waals surface area contributed by atoms with Gasteiger partial charge in [0, 0.05) is 38.6 Å². The van der Waals surface area contributed by atoms with Gasteiger partial charge >= 0.3 is 0 Å². The van der Waals surface area contributed by atoms with Gasteiger partial charge in [-0.15, -0.1) is 24.8 Å². The minimum absolute atomic E-state index is 0. The average molecular weight is 332 g/mol. The van der Waals surface area contributed by atoms with Crippen LogP contribution in [0.15, 0.2) is 0 Å². The van der Waals surface area contributed by atoms with E-state index in [0.717, 1.165) is 19.1 Å². The zero-order valence-corrected chi connectivity index (χ0v) is 12.8. The fraction of sp³-hybridized carbons (Fsp3) is 0.917. The third kappa shape index (κ3) is 3.93. The van der Waals surface area contributed by atoms with E-state index < -0.39 is 12.0 Å². The van der Waals surface area contributed by atoms with Crippen LogP contribution in [0.5, 0.6) is 0 Å². The zero-order chi connectivity index (χ0) is 12.8. The molecule has 1 saturated carbocycles. The van der Waals surface area contributed by atoms with E-state index in [2.05, 4.69) is 10.2 Å². The highest BCUT2D eigenvalue weighted by molar-refractivity contribution is 5.85. The van der Waals surface area contributed by atoms with Gasteiger partial charge in [-0.3, -0.25) is 15.0 Å². The van der Waals surface area contributed by atoms with E-state index in [-0.39, 0.29) is 43.7 Å². The van der Waals surface area contributed by atoms with Gasteiger partial charge in [0.1, 0.15) is 0 Å². The number of halogens is 4. The molecule has 0 radical (unpaired) electrons. The largest absolute Gasteiger partial charge is 0.339 e. The molecule has 0 bridgehead atoms. The number of rotatable bonds is 2. The zero-order valence-electron chi connectivity index (χ0n) is 11.2. The van der Waals surface area contributed by atoms with E-state index in [1.807, 2.05) is 0 Å². The van der Waals surface area contributed by atoms with Gasteiger partial charge in [-0.1, -0.05) is 0 Å². The number of carbonyl (C=O) groups is 1. The summed E-state index contributed by atoms with van der Waals surface area (Å²) in [6.07, 6.45) is 2.18. The molecule has 1 amide bonds. The van der Waals surface area contributed by atoms with Gasteiger partial charge in [0.05, 0.1) is 12.6 Å². The topological polar surface area (TPSA) is 35.6 Å². The molecule has 0 spiro atoms. The summed E-state index contributed by atoms with van der Waals surface area (Å²) in [5.74, 6) is -2.88. The van der Waals surface area contributed by atoms with Crippen LogP contribution < -0.4 is 5.32 Å². The summed E-state index contributed by atoms with van der Waals surface area (Å²) in [7, 11) is 0. The number of hydrogen-bond donors (Lipinski definition) is 1. The van der Waals surface area contributed by atoms with E-state index >= 15 is 0 Å². The molecular formula is C12H21Cl2F2N3O. The summed E-state index contributed by atoms with van der Waals surface area (Å²) in [5, 5.41) is 2.64. The quantitative estimate of drug-likeness (QED) is 0.824. The van der Waals surface area contributed by atoms with E-state index in [4.69, 9.17) is 0 Å². The van der Waals surface area contributed by atoms with E-state index in [0.29, 0.717) is 13.1 Å². The van der Waals surface area contributed by atoms with Crippen molar-refractivity contribution < 1.29 is 13.6 Å². The van der Waals surface area contributed by atoms with Crippen molar-refractivity contribution in [2.75, 3.05) is 32.7 Å². The first-order valence-corrected chi connectivity index (χ1v) is 6.69. The second-order valence-electron chi connectivity index (χ2n) is 5.59. The Bertz CT molecular complexity index is 348. The number of nitrogens with one attached hydrogen (secondary N) is 1. The van der Waals surface area contributed by atoms with Gasteiger partial charge in [0.2, 0.25) is 5.91 Å². The maximum absolute atomic E-state index is 13.1. The molecule has 2 aliphatic heterocycles. The molecular weight excluding hydrogens is 311 g/mol. The Morgan fingerprint density at radius 3 is 2.15 bits per heavy atom. The van der Waals surface area contributed by atoms with Crippen LogP contribution in [0.1, 0.15) is 19.3 Å². The lowest BCUT2D eigenvalue weighted by Crippen LogP contribution is -2.53. The third-order valence-corrected chi connectivity index (χ3v) is 4.10. The minimum Gasteiger partial charge on any atom is -0.339 e. The number of amides is 1. The van der Waals surface area contributed by atoms with Gasteiger partial charge < -0.3 is 4.90 Å². The number of hydrogen-bond acceptors (Lipinski definition) is 3. The first-order chi connectivity index (χ1) is 8.55. The Labute approximate surface area is 130 Å². The Hall–Kier alpha value is -0.170. The SMILES string of the molecule is Cl.Cl.O=C(C1CC(F)(F)CN1)N1CCN(C2CC2)CC1. The normalized spacial score (nSPS) is 29.5. The maximum Gasteiger partial charge on any atom is 0.262 e. The highest BCUT2D eigenvalue weighted by atomic mass is 35.5. The summed E-state index contributed by atoms with van der Waals surface area (Å²) >= 11 is 0. The van der Waals surface area contributed by atoms with Crippen LogP contribution in [0.4, 0.5) is 8.78 Å². The lowest BCUT2D eigenvalue weighted by Gasteiger charge is -2.36. The Morgan fingerprint density at radius 1 is 1.10 bits per heavy atom. The highest BCUT2D eigenvalue weighted by Crippen LogP contribution is 2.29. The molecule has 3 aliphatic rings. The van der Waals surface area contributed by atoms with Gasteiger partial charge in [-0.2, -0.15) is 0 Å². The third-order valence-electron chi connectivity index (χ3n) is 4.10. The summed E-state index contributed by atoms with van der Waals surface area (Å²) in [5.41, 5.74) is 0. The molecule has 8 heteroatoms. The molecule has 4 nitrogen and oxygen atoms in total. The minimum atomic E-state index is -2.73. The molecule has 0 aromatic rings. The van der Waals surface area contributed by atoms with E-state index in [9.17, 15) is 13.6 Å². The summed E-state index contributed by atoms with van der Waals surface area (Å²) < 4.78 is 26.1. The van der Waals surface area contributed by atoms with Crippen LogP contribution in [0.2, 0.25) is 0 Å². The van der Waals surface area contributed by atoms with Crippen molar-refractivity contribution in [3.8, 4) is 0 Å². The van der Waals surface area contributed by atoms with Gasteiger partial charge in [0.25, 0.3) is 5.92 Å². The van der Waals surface area contributed by atoms with Crippen LogP contribution in [0, 0.1) is 0 Å². The van der Waals surface area contributed by atoms with Crippen LogP contribution in [0.25, 0.3) is 0 Å². The lowest BCUT2D eigenvalue weighted by atomic mass is 10.1. The molecule has 3 rings (SSSR count). The lowest BCUT2D eigenvalue weighted by molar-refractivity contribution is -0.135. The van der Waals surface area contributed by atoms with Crippen molar-refractivity contribution in [2.24, 2.45) is 0 Å². The average Bonchev–Trinajstić information content (AvgIpc) is 3.13. The molecule has 2 heterocycles. The molecule has 1 unspecified atom stereocenters. The number of alkyl halides is 2. The Morgan fingerprint density at radius 2 is 1.70 bits per heavy atom. The van der Waals surface area contributed by atoms with Crippen molar-refractivity contribution in [3.63, 3.8) is 0 Å². The van der Waals surface area contributed by atoms with Crippen molar-refractivity contribution >= 4 is 30.7 Å². The maximum atomic E-state index is 13.1. The number of piperazine rings is 1. The molecule has 1 aliphatic carbocycles. The number of nitrogens with zero attached hydrogens (tertiary/aromatic N) is 2. The van der Waals surface area contributed by atoms with Gasteiger partial charge in [-0.05, 0) is 12.8 Å². The molecule has 0 aromatic heterocycles. The Kier molecular flexibility index (Phi) is 6.01. The highest BCUT2D eigenvalue weighted by Gasteiger charge is 2.44. The molecule has 2 saturated heterocycles. The molecule has 1 atom stereocenters. The van der Waals surface area contributed by atoms with Crippen molar-refractivity contribution in [1.29, 1.82) is 0 Å². The molecule has 0 aromatic carbocycles. The van der Waals surface area contributed by atoms with Crippen LogP contribution >= 0.6 is 24.8 Å². The summed E-state index contributed by atoms with van der Waals surface area (Å²) in [4.78, 5) is 16.2. The van der Waals surface area contributed by atoms with Crippen LogP contribution in [0.3, 0.4) is 0 Å². The first-order valence-electron chi connectivity index (χ1n) is 6.69. The monoisotopic (exact) mass is 331 g/mol. The van der Waals surface area contributed by atoms with E-state index in [1.165, 1.54) is 12.8 Å². The smallest absolute Gasteiger partial charge is 0.262 e. The fourth-order valence-electron chi connectivity index (χ4n) is 2.86. The van der Waals surface area contributed by atoms with Crippen LogP contribution in [-0.4, -0.2) is 66.4 Å². The van der Waals surface area contributed by atoms with Gasteiger partial charge in [0.15, 0.2) is 0 Å². The van der Waals surface area contributed by atoms with E-state index in [1.54, 1.807) is 4.90 Å². The second-order valence-corrected chi connectivity index (χ2v) is 5.59. The standard InChI is InChI=1S/C12H19F2N3O.2ClH/c13-12(14)7-10(15-8-12)11(18)17-5-3-16(4-6-17)9-1-2-9;;/h9-10,15H,1-8H2;2*1H. The fourth-order valence-corrected chi connectivity index (χ4v) is 2.86. The molecule has 20 heavy (non-hydrogen) atoms. The molecule has 118 valence electrons. The van der Waals surface area contributed by atoms with Crippen molar-refractivity contribution in [1.82, 2.24) is 15.1 Å². The van der Waals surface area contributed by atoms with Crippen LogP contribution in [-0.2, 0) is 4.79 Å². The summed E-state index contributed by atoms with van der Waals surface area (Å²) in [6, 6.07) is 0.0312. The second kappa shape index (κ2) is 6.73. The first kappa shape index (κ1) is 17.9. The van der Waals surface area contributed by atoms with Crippen molar-refractivity contribution in [2.45, 2.75) is 37.3 Å². The predicted octanol–water partition coefficient (Wildman–Crippen LogP) is 1.13. The summed E-state index contributed by atoms with van der Waals surface area (Å²) in [6.45, 7) is 2.77. The number of carbonyl (C=O) groups excluding carboxylic acids is 1. The Balaban J connectivity index is 0.000001000. The van der Waals surface area contributed by atoms with Gasteiger partial charge in [-0.25, -0.2) is 8.78 Å². The molecule has 3 fully saturated rings.